The Labute approximate surface area is 175 Å². The highest BCUT2D eigenvalue weighted by Crippen LogP contribution is 2.38. The number of hydrogen-bond donors (Lipinski definition) is 2. The number of pyridine rings is 1. The lowest BCUT2D eigenvalue weighted by molar-refractivity contribution is 0.255. The van der Waals surface area contributed by atoms with Crippen LogP contribution in [0.2, 0.25) is 0 Å². The van der Waals surface area contributed by atoms with Gasteiger partial charge in [0.15, 0.2) is 0 Å². The highest BCUT2D eigenvalue weighted by atomic mass is 32.2. The van der Waals surface area contributed by atoms with Crippen molar-refractivity contribution in [3.05, 3.63) is 52.9 Å². The average molecular weight is 433 g/mol. The van der Waals surface area contributed by atoms with Crippen LogP contribution in [0.1, 0.15) is 30.9 Å². The minimum Gasteiger partial charge on any atom is -0.477 e. The van der Waals surface area contributed by atoms with Crippen molar-refractivity contribution in [1.29, 1.82) is 0 Å². The summed E-state index contributed by atoms with van der Waals surface area (Å²) in [4.78, 5) is 5.80. The van der Waals surface area contributed by atoms with Crippen LogP contribution in [-0.2, 0) is 16.6 Å². The summed E-state index contributed by atoms with van der Waals surface area (Å²) in [5, 5.41) is 17.1. The molecular weight excluding hydrogens is 408 g/mol. The first-order chi connectivity index (χ1) is 13.8. The Morgan fingerprint density at radius 2 is 1.93 bits per heavy atom. The molecular formula is C21H24N2O4S2. The van der Waals surface area contributed by atoms with E-state index in [1.54, 1.807) is 23.5 Å². The molecule has 0 atom stereocenters. The third-order valence-electron chi connectivity index (χ3n) is 4.54. The van der Waals surface area contributed by atoms with Crippen LogP contribution in [0.3, 0.4) is 0 Å². The molecule has 8 heteroatoms. The van der Waals surface area contributed by atoms with Crippen molar-refractivity contribution in [2.24, 2.45) is 5.14 Å². The molecule has 2 heterocycles. The molecule has 29 heavy (non-hydrogen) atoms. The van der Waals surface area contributed by atoms with Gasteiger partial charge in [0.2, 0.25) is 15.9 Å². The Hall–Kier alpha value is -2.26. The van der Waals surface area contributed by atoms with E-state index in [-0.39, 0.29) is 11.5 Å². The normalized spacial score (nSPS) is 11.6. The summed E-state index contributed by atoms with van der Waals surface area (Å²) in [5.41, 5.74) is 3.99. The van der Waals surface area contributed by atoms with Gasteiger partial charge in [-0.05, 0) is 54.1 Å². The van der Waals surface area contributed by atoms with Crippen molar-refractivity contribution in [1.82, 2.24) is 4.98 Å². The summed E-state index contributed by atoms with van der Waals surface area (Å²) < 4.78 is 29.0. The maximum Gasteiger partial charge on any atom is 0.238 e. The number of nitrogens with two attached hydrogens (primary N) is 1. The number of thiophene rings is 1. The van der Waals surface area contributed by atoms with Crippen LogP contribution in [0.4, 0.5) is 0 Å². The van der Waals surface area contributed by atoms with Crippen LogP contribution < -0.4 is 9.88 Å². The third kappa shape index (κ3) is 4.84. The Balaban J connectivity index is 2.15. The number of benzene rings is 1. The molecule has 0 aliphatic rings. The van der Waals surface area contributed by atoms with Crippen LogP contribution in [-0.4, -0.2) is 25.1 Å². The highest BCUT2D eigenvalue weighted by molar-refractivity contribution is 7.89. The van der Waals surface area contributed by atoms with Crippen molar-refractivity contribution in [2.45, 2.75) is 38.2 Å². The number of nitrogens with zero attached hydrogens (tertiary/aromatic N) is 1. The molecule has 0 aliphatic carbocycles. The Morgan fingerprint density at radius 1 is 1.21 bits per heavy atom. The Morgan fingerprint density at radius 3 is 2.48 bits per heavy atom. The minimum absolute atomic E-state index is 0.0463. The summed E-state index contributed by atoms with van der Waals surface area (Å²) in [6.07, 6.45) is 1.90. The number of rotatable bonds is 8. The van der Waals surface area contributed by atoms with Crippen LogP contribution >= 0.6 is 11.3 Å². The van der Waals surface area contributed by atoms with Gasteiger partial charge >= 0.3 is 0 Å². The quantitative estimate of drug-likeness (QED) is 0.522. The molecule has 0 saturated carbocycles. The first-order valence-electron chi connectivity index (χ1n) is 9.30. The molecule has 0 radical (unpaired) electrons. The van der Waals surface area contributed by atoms with Crippen LogP contribution in [0, 0.1) is 6.92 Å². The molecule has 0 spiro atoms. The number of primary sulfonamides is 1. The third-order valence-corrected chi connectivity index (χ3v) is 6.49. The second-order valence-electron chi connectivity index (χ2n) is 6.71. The number of hydrogen-bond acceptors (Lipinski definition) is 6. The monoisotopic (exact) mass is 432 g/mol. The molecule has 0 saturated heterocycles. The largest absolute Gasteiger partial charge is 0.477 e. The number of aliphatic hydroxyl groups is 1. The molecule has 0 amide bonds. The van der Waals surface area contributed by atoms with Gasteiger partial charge in [-0.1, -0.05) is 25.5 Å². The van der Waals surface area contributed by atoms with Crippen molar-refractivity contribution in [3.63, 3.8) is 0 Å². The van der Waals surface area contributed by atoms with E-state index in [4.69, 9.17) is 14.9 Å². The summed E-state index contributed by atoms with van der Waals surface area (Å²) in [6.45, 7) is 4.42. The molecule has 0 unspecified atom stereocenters. The zero-order valence-electron chi connectivity index (χ0n) is 16.4. The van der Waals surface area contributed by atoms with Gasteiger partial charge in [-0.25, -0.2) is 18.5 Å². The Bertz CT molecular complexity index is 1090. The molecule has 0 bridgehead atoms. The molecule has 6 nitrogen and oxygen atoms in total. The lowest BCUT2D eigenvalue weighted by Gasteiger charge is -2.15. The first kappa shape index (κ1) is 21.4. The fraction of sp³-hybridized carbons (Fsp3) is 0.286. The number of sulfonamides is 1. The summed E-state index contributed by atoms with van der Waals surface area (Å²) in [7, 11) is -3.77. The molecule has 0 fully saturated rings. The van der Waals surface area contributed by atoms with Crippen LogP contribution in [0.25, 0.3) is 21.7 Å². The molecule has 3 N–H and O–H groups in total. The second kappa shape index (κ2) is 9.04. The lowest BCUT2D eigenvalue weighted by atomic mass is 10.00. The van der Waals surface area contributed by atoms with E-state index < -0.39 is 10.0 Å². The van der Waals surface area contributed by atoms with Crippen molar-refractivity contribution in [3.8, 4) is 27.6 Å². The number of unbranched alkanes of at least 4 members (excludes halogenated alkanes) is 1. The Kier molecular flexibility index (Phi) is 6.69. The molecule has 154 valence electrons. The smallest absolute Gasteiger partial charge is 0.238 e. The van der Waals surface area contributed by atoms with Gasteiger partial charge in [-0.3, -0.25) is 0 Å². The van der Waals surface area contributed by atoms with E-state index in [0.29, 0.717) is 18.1 Å². The summed E-state index contributed by atoms with van der Waals surface area (Å²) in [6, 6.07) is 10.2. The standard InChI is InChI=1S/C21H24N2O4S2/c1-3-4-10-27-21-16(13-24)12-18(19(23-21)20-14(2)9-11-28-20)15-5-7-17(8-6-15)29(22,25)26/h5-9,11-12,24H,3-4,10,13H2,1-2H3,(H2,22,25,26). The van der Waals surface area contributed by atoms with Gasteiger partial charge in [0.1, 0.15) is 0 Å². The fourth-order valence-corrected chi connectivity index (χ4v) is 4.37. The molecule has 2 aromatic heterocycles. The summed E-state index contributed by atoms with van der Waals surface area (Å²) >= 11 is 1.57. The summed E-state index contributed by atoms with van der Waals surface area (Å²) in [5.74, 6) is 0.425. The van der Waals surface area contributed by atoms with Gasteiger partial charge in [-0.15, -0.1) is 11.3 Å². The predicted octanol–water partition coefficient (Wildman–Crippen LogP) is 4.10. The minimum atomic E-state index is -3.77. The second-order valence-corrected chi connectivity index (χ2v) is 9.19. The topological polar surface area (TPSA) is 103 Å². The van der Waals surface area contributed by atoms with E-state index >= 15 is 0 Å². The number of ether oxygens (including phenoxy) is 1. The van der Waals surface area contributed by atoms with Gasteiger partial charge in [0.25, 0.3) is 0 Å². The average Bonchev–Trinajstić information content (AvgIpc) is 3.13. The molecule has 3 aromatic rings. The van der Waals surface area contributed by atoms with E-state index in [0.717, 1.165) is 40.1 Å². The van der Waals surface area contributed by atoms with E-state index in [2.05, 4.69) is 6.92 Å². The maximum absolute atomic E-state index is 11.6. The maximum atomic E-state index is 11.6. The van der Waals surface area contributed by atoms with Crippen molar-refractivity contribution in [2.75, 3.05) is 6.61 Å². The zero-order chi connectivity index (χ0) is 21.0. The van der Waals surface area contributed by atoms with Gasteiger partial charge in [0.05, 0.1) is 28.7 Å². The van der Waals surface area contributed by atoms with Crippen LogP contribution in [0.15, 0.2) is 46.7 Å². The number of aryl methyl sites for hydroxylation is 1. The number of aliphatic hydroxyl groups excluding tert-OH is 1. The predicted molar refractivity (Wildman–Crippen MR) is 115 cm³/mol. The number of aromatic nitrogens is 1. The van der Waals surface area contributed by atoms with Crippen LogP contribution in [0.5, 0.6) is 5.88 Å². The van der Waals surface area contributed by atoms with Crippen molar-refractivity contribution >= 4 is 21.4 Å². The lowest BCUT2D eigenvalue weighted by Crippen LogP contribution is -2.11. The van der Waals surface area contributed by atoms with E-state index in [1.165, 1.54) is 12.1 Å². The SMILES string of the molecule is CCCCOc1nc(-c2sccc2C)c(-c2ccc(S(N)(=O)=O)cc2)cc1CO. The van der Waals surface area contributed by atoms with Gasteiger partial charge < -0.3 is 9.84 Å². The highest BCUT2D eigenvalue weighted by Gasteiger charge is 2.18. The molecule has 1 aromatic carbocycles. The fourth-order valence-electron chi connectivity index (χ4n) is 2.92. The van der Waals surface area contributed by atoms with Gasteiger partial charge in [0, 0.05) is 11.1 Å². The van der Waals surface area contributed by atoms with Crippen molar-refractivity contribution < 1.29 is 18.3 Å². The zero-order valence-corrected chi connectivity index (χ0v) is 18.0. The molecule has 3 rings (SSSR count). The first-order valence-corrected chi connectivity index (χ1v) is 11.7. The van der Waals surface area contributed by atoms with Gasteiger partial charge in [-0.2, -0.15) is 0 Å². The molecule has 0 aliphatic heterocycles. The van der Waals surface area contributed by atoms with E-state index in [1.807, 2.05) is 24.4 Å². The van der Waals surface area contributed by atoms with E-state index in [9.17, 15) is 13.5 Å².